The highest BCUT2D eigenvalue weighted by atomic mass is 16.6. The number of hydrogen-bond donors (Lipinski definition) is 1. The van der Waals surface area contributed by atoms with Crippen LogP contribution in [0.4, 0.5) is 9.59 Å². The zero-order chi connectivity index (χ0) is 19.9. The van der Waals surface area contributed by atoms with Crippen LogP contribution in [0.15, 0.2) is 30.3 Å². The van der Waals surface area contributed by atoms with Crippen LogP contribution in [0.5, 0.6) is 0 Å². The van der Waals surface area contributed by atoms with Gasteiger partial charge in [-0.05, 0) is 26.3 Å². The van der Waals surface area contributed by atoms with Gasteiger partial charge in [0, 0.05) is 26.2 Å². The minimum absolute atomic E-state index is 0.132. The van der Waals surface area contributed by atoms with Crippen LogP contribution in [0.3, 0.4) is 0 Å². The van der Waals surface area contributed by atoms with Crippen LogP contribution < -0.4 is 5.32 Å². The third kappa shape index (κ3) is 7.16. The van der Waals surface area contributed by atoms with E-state index in [9.17, 15) is 14.4 Å². The highest BCUT2D eigenvalue weighted by Gasteiger charge is 2.25. The van der Waals surface area contributed by atoms with E-state index in [1.165, 1.54) is 0 Å². The van der Waals surface area contributed by atoms with Gasteiger partial charge >= 0.3 is 12.2 Å². The third-order valence-corrected chi connectivity index (χ3v) is 3.88. The van der Waals surface area contributed by atoms with Crippen molar-refractivity contribution in [1.29, 1.82) is 0 Å². The number of nitrogens with zero attached hydrogens (tertiary/aromatic N) is 2. The van der Waals surface area contributed by atoms with Gasteiger partial charge in [-0.25, -0.2) is 9.59 Å². The van der Waals surface area contributed by atoms with Crippen molar-refractivity contribution in [3.05, 3.63) is 35.9 Å². The van der Waals surface area contributed by atoms with Crippen LogP contribution in [0, 0.1) is 0 Å². The lowest BCUT2D eigenvalue weighted by Gasteiger charge is -2.34. The van der Waals surface area contributed by atoms with Crippen molar-refractivity contribution in [3.63, 3.8) is 0 Å². The quantitative estimate of drug-likeness (QED) is 0.867. The average Bonchev–Trinajstić information content (AvgIpc) is 2.64. The lowest BCUT2D eigenvalue weighted by atomic mass is 10.2. The maximum atomic E-state index is 12.2. The molecule has 148 valence electrons. The Morgan fingerprint density at radius 2 is 1.59 bits per heavy atom. The summed E-state index contributed by atoms with van der Waals surface area (Å²) in [5, 5.41) is 2.45. The molecule has 0 bridgehead atoms. The Labute approximate surface area is 159 Å². The zero-order valence-corrected chi connectivity index (χ0v) is 16.1. The molecule has 0 aliphatic carbocycles. The van der Waals surface area contributed by atoms with Crippen molar-refractivity contribution in [2.45, 2.75) is 33.0 Å². The molecule has 1 aliphatic heterocycles. The lowest BCUT2D eigenvalue weighted by molar-refractivity contribution is -0.131. The summed E-state index contributed by atoms with van der Waals surface area (Å²) < 4.78 is 10.4. The van der Waals surface area contributed by atoms with E-state index in [1.54, 1.807) is 30.6 Å². The molecular weight excluding hydrogens is 350 g/mol. The molecule has 3 amide bonds. The van der Waals surface area contributed by atoms with Gasteiger partial charge in [-0.3, -0.25) is 4.79 Å². The van der Waals surface area contributed by atoms with Crippen molar-refractivity contribution in [2.24, 2.45) is 0 Å². The van der Waals surface area contributed by atoms with Gasteiger partial charge in [-0.2, -0.15) is 0 Å². The first-order valence-electron chi connectivity index (χ1n) is 8.95. The SMILES string of the molecule is CC(C)(C)OC(=O)NCC(=O)N1CCN(C(=O)OCc2ccccc2)CC1. The summed E-state index contributed by atoms with van der Waals surface area (Å²) in [5.74, 6) is -0.210. The molecule has 0 aromatic heterocycles. The summed E-state index contributed by atoms with van der Waals surface area (Å²) in [7, 11) is 0. The smallest absolute Gasteiger partial charge is 0.410 e. The molecule has 2 rings (SSSR count). The number of nitrogens with one attached hydrogen (secondary N) is 1. The molecule has 0 unspecified atom stereocenters. The van der Waals surface area contributed by atoms with E-state index in [0.717, 1.165) is 5.56 Å². The Balaban J connectivity index is 1.68. The summed E-state index contributed by atoms with van der Waals surface area (Å²) in [6.45, 7) is 6.94. The fourth-order valence-electron chi connectivity index (χ4n) is 2.52. The molecule has 1 heterocycles. The van der Waals surface area contributed by atoms with Gasteiger partial charge in [-0.1, -0.05) is 30.3 Å². The molecule has 8 nitrogen and oxygen atoms in total. The average molecular weight is 377 g/mol. The highest BCUT2D eigenvalue weighted by molar-refractivity contribution is 5.82. The van der Waals surface area contributed by atoms with E-state index in [0.29, 0.717) is 26.2 Å². The molecule has 0 spiro atoms. The molecule has 1 saturated heterocycles. The second-order valence-corrected chi connectivity index (χ2v) is 7.26. The van der Waals surface area contributed by atoms with Crippen molar-refractivity contribution < 1.29 is 23.9 Å². The molecule has 1 N–H and O–H groups in total. The topological polar surface area (TPSA) is 88.2 Å². The molecule has 1 fully saturated rings. The van der Waals surface area contributed by atoms with Gasteiger partial charge in [0.1, 0.15) is 18.8 Å². The number of benzene rings is 1. The minimum Gasteiger partial charge on any atom is -0.445 e. The Morgan fingerprint density at radius 3 is 2.19 bits per heavy atom. The van der Waals surface area contributed by atoms with Gasteiger partial charge in [0.15, 0.2) is 0 Å². The summed E-state index contributed by atoms with van der Waals surface area (Å²) in [5.41, 5.74) is 0.312. The normalized spacial score (nSPS) is 14.5. The van der Waals surface area contributed by atoms with E-state index in [-0.39, 0.29) is 19.1 Å². The Bertz CT molecular complexity index is 649. The van der Waals surface area contributed by atoms with Crippen LogP contribution in [-0.2, 0) is 20.9 Å². The van der Waals surface area contributed by atoms with Crippen molar-refractivity contribution in [3.8, 4) is 0 Å². The van der Waals surface area contributed by atoms with E-state index < -0.39 is 17.8 Å². The molecule has 1 aliphatic rings. The minimum atomic E-state index is -0.626. The van der Waals surface area contributed by atoms with Crippen molar-refractivity contribution >= 4 is 18.1 Å². The monoisotopic (exact) mass is 377 g/mol. The van der Waals surface area contributed by atoms with Crippen LogP contribution >= 0.6 is 0 Å². The first-order chi connectivity index (χ1) is 12.7. The standard InChI is InChI=1S/C19H27N3O5/c1-19(2,3)27-17(24)20-13-16(23)21-9-11-22(12-10-21)18(25)26-14-15-7-5-4-6-8-15/h4-8H,9-14H2,1-3H3,(H,20,24). The summed E-state index contributed by atoms with van der Waals surface area (Å²) in [4.78, 5) is 39.1. The Morgan fingerprint density at radius 1 is 1.00 bits per heavy atom. The van der Waals surface area contributed by atoms with Gasteiger partial charge in [0.05, 0.1) is 0 Å². The molecule has 27 heavy (non-hydrogen) atoms. The Kier molecular flexibility index (Phi) is 7.04. The van der Waals surface area contributed by atoms with Gasteiger partial charge in [0.2, 0.25) is 5.91 Å². The predicted octanol–water partition coefficient (Wildman–Crippen LogP) is 1.99. The van der Waals surface area contributed by atoms with Crippen molar-refractivity contribution in [1.82, 2.24) is 15.1 Å². The first-order valence-corrected chi connectivity index (χ1v) is 8.95. The van der Waals surface area contributed by atoms with Gasteiger partial charge in [-0.15, -0.1) is 0 Å². The number of piperazine rings is 1. The molecule has 0 radical (unpaired) electrons. The number of amides is 3. The number of ether oxygens (including phenoxy) is 2. The van der Waals surface area contributed by atoms with E-state index in [4.69, 9.17) is 9.47 Å². The van der Waals surface area contributed by atoms with Crippen LogP contribution in [0.1, 0.15) is 26.3 Å². The molecule has 0 atom stereocenters. The van der Waals surface area contributed by atoms with Crippen LogP contribution in [0.25, 0.3) is 0 Å². The molecular formula is C19H27N3O5. The number of carbonyl (C=O) groups is 3. The second-order valence-electron chi connectivity index (χ2n) is 7.26. The predicted molar refractivity (Wildman–Crippen MR) is 99.0 cm³/mol. The number of alkyl carbamates (subject to hydrolysis) is 1. The summed E-state index contributed by atoms with van der Waals surface area (Å²) >= 11 is 0. The highest BCUT2D eigenvalue weighted by Crippen LogP contribution is 2.08. The second kappa shape index (κ2) is 9.25. The molecule has 0 saturated carbocycles. The Hall–Kier alpha value is -2.77. The summed E-state index contributed by atoms with van der Waals surface area (Å²) in [6.07, 6.45) is -1.02. The number of rotatable bonds is 4. The third-order valence-electron chi connectivity index (χ3n) is 3.88. The maximum Gasteiger partial charge on any atom is 0.410 e. The van der Waals surface area contributed by atoms with E-state index >= 15 is 0 Å². The fraction of sp³-hybridized carbons (Fsp3) is 0.526. The van der Waals surface area contributed by atoms with Gasteiger partial charge < -0.3 is 24.6 Å². The van der Waals surface area contributed by atoms with Gasteiger partial charge in [0.25, 0.3) is 0 Å². The first kappa shape index (κ1) is 20.5. The summed E-state index contributed by atoms with van der Waals surface area (Å²) in [6, 6.07) is 9.46. The largest absolute Gasteiger partial charge is 0.445 e. The zero-order valence-electron chi connectivity index (χ0n) is 16.1. The lowest BCUT2D eigenvalue weighted by Crippen LogP contribution is -2.52. The van der Waals surface area contributed by atoms with E-state index in [1.807, 2.05) is 30.3 Å². The van der Waals surface area contributed by atoms with Crippen molar-refractivity contribution in [2.75, 3.05) is 32.7 Å². The number of carbonyl (C=O) groups excluding carboxylic acids is 3. The van der Waals surface area contributed by atoms with Crippen LogP contribution in [-0.4, -0.2) is 66.2 Å². The molecule has 1 aromatic carbocycles. The maximum absolute atomic E-state index is 12.2. The van der Waals surface area contributed by atoms with Crippen LogP contribution in [0.2, 0.25) is 0 Å². The van der Waals surface area contributed by atoms with E-state index in [2.05, 4.69) is 5.32 Å². The molecule has 8 heteroatoms. The fourth-order valence-corrected chi connectivity index (χ4v) is 2.52. The number of hydrogen-bond acceptors (Lipinski definition) is 5. The molecule has 1 aromatic rings.